The number of carboxylic acid groups (broad SMARTS) is 2. The Morgan fingerprint density at radius 3 is 2.28 bits per heavy atom. The Hall–Kier alpha value is -2.81. The third-order valence-electron chi connectivity index (χ3n) is 4.92. The zero-order valence-corrected chi connectivity index (χ0v) is 18.9. The van der Waals surface area contributed by atoms with Crippen LogP contribution in [0.15, 0.2) is 58.3 Å². The highest BCUT2D eigenvalue weighted by molar-refractivity contribution is 7.99. The summed E-state index contributed by atoms with van der Waals surface area (Å²) in [4.78, 5) is 25.9. The minimum atomic E-state index is -1.26. The summed E-state index contributed by atoms with van der Waals surface area (Å²) in [5.41, 5.74) is 3.37. The van der Waals surface area contributed by atoms with Crippen molar-refractivity contribution < 1.29 is 24.2 Å². The maximum atomic E-state index is 13.7. The lowest BCUT2D eigenvalue weighted by atomic mass is 10.1. The number of carbonyl (C=O) groups is 2. The third kappa shape index (κ3) is 6.35. The molecule has 0 unspecified atom stereocenters. The second-order valence-corrected chi connectivity index (χ2v) is 8.77. The van der Waals surface area contributed by atoms with Crippen molar-refractivity contribution in [2.75, 3.05) is 33.2 Å². The summed E-state index contributed by atoms with van der Waals surface area (Å²) in [6.45, 7) is 4.04. The summed E-state index contributed by atoms with van der Waals surface area (Å²) in [5.74, 6) is -2.71. The Balaban J connectivity index is 0.000000312. The maximum absolute atomic E-state index is 13.7. The van der Waals surface area contributed by atoms with Crippen molar-refractivity contribution in [2.45, 2.75) is 9.79 Å². The number of hydrogen-bond donors (Lipinski definition) is 2. The normalized spacial score (nSPS) is 15.7. The molecule has 32 heavy (non-hydrogen) atoms. The summed E-state index contributed by atoms with van der Waals surface area (Å²) >= 11 is 7.88. The fourth-order valence-electron chi connectivity index (χ4n) is 3.30. The summed E-state index contributed by atoms with van der Waals surface area (Å²) in [6, 6.07) is 11.0. The molecule has 2 heterocycles. The van der Waals surface area contributed by atoms with E-state index in [9.17, 15) is 14.0 Å². The van der Waals surface area contributed by atoms with Crippen molar-refractivity contribution in [3.63, 3.8) is 0 Å². The average molecular weight is 477 g/mol. The molecule has 2 aliphatic rings. The van der Waals surface area contributed by atoms with E-state index in [-0.39, 0.29) is 5.82 Å². The first-order valence-electron chi connectivity index (χ1n) is 9.79. The van der Waals surface area contributed by atoms with Crippen LogP contribution in [0.4, 0.5) is 4.39 Å². The smallest absolute Gasteiger partial charge is 0.328 e. The molecule has 9 heteroatoms. The van der Waals surface area contributed by atoms with Crippen molar-refractivity contribution >= 4 is 47.1 Å². The molecule has 2 N–H and O–H groups in total. The number of rotatable bonds is 3. The molecule has 0 aromatic heterocycles. The van der Waals surface area contributed by atoms with E-state index < -0.39 is 11.9 Å². The van der Waals surface area contributed by atoms with Crippen molar-refractivity contribution in [3.8, 4) is 0 Å². The van der Waals surface area contributed by atoms with Crippen molar-refractivity contribution in [1.82, 2.24) is 9.80 Å². The van der Waals surface area contributed by atoms with Gasteiger partial charge in [-0.2, -0.15) is 0 Å². The first-order chi connectivity index (χ1) is 15.2. The fourth-order valence-corrected chi connectivity index (χ4v) is 4.54. The van der Waals surface area contributed by atoms with E-state index in [0.29, 0.717) is 12.2 Å². The number of piperazine rings is 1. The highest BCUT2D eigenvalue weighted by Gasteiger charge is 2.23. The quantitative estimate of drug-likeness (QED) is 0.635. The number of benzene rings is 2. The Bertz CT molecular complexity index is 1070. The van der Waals surface area contributed by atoms with E-state index in [4.69, 9.17) is 21.8 Å². The summed E-state index contributed by atoms with van der Waals surface area (Å²) in [5, 5.41) is 16.4. The van der Waals surface area contributed by atoms with Crippen LogP contribution in [0.2, 0.25) is 5.02 Å². The van der Waals surface area contributed by atoms with Gasteiger partial charge in [-0.25, -0.2) is 14.0 Å². The number of halogens is 2. The molecule has 0 bridgehead atoms. The van der Waals surface area contributed by atoms with Gasteiger partial charge in [-0.3, -0.25) is 0 Å². The molecule has 6 nitrogen and oxygen atoms in total. The van der Waals surface area contributed by atoms with Crippen molar-refractivity contribution in [2.24, 2.45) is 0 Å². The lowest BCUT2D eigenvalue weighted by Gasteiger charge is -2.36. The van der Waals surface area contributed by atoms with E-state index in [1.165, 1.54) is 11.8 Å². The van der Waals surface area contributed by atoms with Crippen LogP contribution in [0.1, 0.15) is 11.1 Å². The molecule has 2 aromatic rings. The summed E-state index contributed by atoms with van der Waals surface area (Å²) in [6.07, 6.45) is 3.29. The topological polar surface area (TPSA) is 81.1 Å². The van der Waals surface area contributed by atoms with Crippen LogP contribution in [0.5, 0.6) is 0 Å². The summed E-state index contributed by atoms with van der Waals surface area (Å²) < 4.78 is 13.7. The van der Waals surface area contributed by atoms with Crippen molar-refractivity contribution in [1.29, 1.82) is 0 Å². The number of hydrogen-bond acceptors (Lipinski definition) is 5. The highest BCUT2D eigenvalue weighted by atomic mass is 35.5. The Labute approximate surface area is 194 Å². The zero-order valence-electron chi connectivity index (χ0n) is 17.3. The van der Waals surface area contributed by atoms with E-state index in [1.807, 2.05) is 24.3 Å². The van der Waals surface area contributed by atoms with E-state index in [2.05, 4.69) is 22.9 Å². The van der Waals surface area contributed by atoms with Crippen LogP contribution in [0, 0.1) is 5.82 Å². The number of carboxylic acids is 2. The van der Waals surface area contributed by atoms with Gasteiger partial charge in [0.1, 0.15) is 5.82 Å². The molecule has 2 aliphatic heterocycles. The Morgan fingerprint density at radius 1 is 1.00 bits per heavy atom. The third-order valence-corrected chi connectivity index (χ3v) is 6.30. The second-order valence-electron chi connectivity index (χ2n) is 7.25. The van der Waals surface area contributed by atoms with Crippen LogP contribution in [-0.4, -0.2) is 65.2 Å². The van der Waals surface area contributed by atoms with Gasteiger partial charge in [0, 0.05) is 64.4 Å². The Kier molecular flexibility index (Phi) is 7.95. The Morgan fingerprint density at radius 2 is 1.66 bits per heavy atom. The lowest BCUT2D eigenvalue weighted by molar-refractivity contribution is -0.134. The standard InChI is InChI=1S/C19H18ClFN2S.C4H4O4/c1-22-6-8-23(9-7-22)17-10-13-2-4-15(21)12-19(13)24-18-5-3-14(20)11-16(17)18;5-3(6)1-2-4(7)8/h2-5,10-12H,6-9H2,1H3;1-2H,(H,5,6)(H,7,8)/b;2-1-. The van der Waals surface area contributed by atoms with Crippen LogP contribution >= 0.6 is 23.4 Å². The molecule has 0 radical (unpaired) electrons. The van der Waals surface area contributed by atoms with Crippen LogP contribution < -0.4 is 0 Å². The monoisotopic (exact) mass is 476 g/mol. The molecule has 1 saturated heterocycles. The molecule has 0 atom stereocenters. The molecule has 0 aliphatic carbocycles. The summed E-state index contributed by atoms with van der Waals surface area (Å²) in [7, 11) is 2.15. The molecular weight excluding hydrogens is 455 g/mol. The number of likely N-dealkylation sites (N-methyl/N-ethyl adjacent to an activating group) is 1. The average Bonchev–Trinajstić information content (AvgIpc) is 2.89. The first kappa shape index (κ1) is 23.8. The molecule has 168 valence electrons. The van der Waals surface area contributed by atoms with Gasteiger partial charge in [-0.1, -0.05) is 29.4 Å². The van der Waals surface area contributed by atoms with Crippen LogP contribution in [0.25, 0.3) is 11.8 Å². The lowest BCUT2D eigenvalue weighted by Crippen LogP contribution is -2.43. The minimum absolute atomic E-state index is 0.201. The van der Waals surface area contributed by atoms with Gasteiger partial charge in [0.05, 0.1) is 0 Å². The van der Waals surface area contributed by atoms with Crippen LogP contribution in [0.3, 0.4) is 0 Å². The zero-order chi connectivity index (χ0) is 23.3. The van der Waals surface area contributed by atoms with Gasteiger partial charge in [-0.05, 0) is 49.0 Å². The second kappa shape index (κ2) is 10.7. The number of nitrogens with zero attached hydrogens (tertiary/aromatic N) is 2. The van der Waals surface area contributed by atoms with E-state index in [0.717, 1.165) is 52.1 Å². The molecule has 1 fully saturated rings. The van der Waals surface area contributed by atoms with Gasteiger partial charge >= 0.3 is 11.9 Å². The molecular formula is C23H22ClFN2O4S. The minimum Gasteiger partial charge on any atom is -0.478 e. The highest BCUT2D eigenvalue weighted by Crippen LogP contribution is 2.42. The van der Waals surface area contributed by atoms with Gasteiger partial charge in [0.25, 0.3) is 0 Å². The van der Waals surface area contributed by atoms with Gasteiger partial charge in [0.2, 0.25) is 0 Å². The first-order valence-corrected chi connectivity index (χ1v) is 11.0. The van der Waals surface area contributed by atoms with Crippen LogP contribution in [-0.2, 0) is 9.59 Å². The molecule has 4 rings (SSSR count). The molecule has 0 spiro atoms. The molecule has 0 saturated carbocycles. The fraction of sp³-hybridized carbons (Fsp3) is 0.217. The van der Waals surface area contributed by atoms with E-state index in [1.54, 1.807) is 17.8 Å². The van der Waals surface area contributed by atoms with Gasteiger partial charge in [-0.15, -0.1) is 0 Å². The van der Waals surface area contributed by atoms with Gasteiger partial charge < -0.3 is 20.0 Å². The predicted octanol–water partition coefficient (Wildman–Crippen LogP) is 4.40. The molecule has 2 aromatic carbocycles. The largest absolute Gasteiger partial charge is 0.478 e. The van der Waals surface area contributed by atoms with E-state index >= 15 is 0 Å². The number of fused-ring (bicyclic) bond motifs is 2. The predicted molar refractivity (Wildman–Crippen MR) is 123 cm³/mol. The molecule has 0 amide bonds. The van der Waals surface area contributed by atoms with Crippen molar-refractivity contribution in [3.05, 3.63) is 70.5 Å². The maximum Gasteiger partial charge on any atom is 0.328 e. The SMILES string of the molecule is CN1CCN(C2=Cc3ccc(F)cc3Sc3ccc(Cl)cc32)CC1.O=C(O)/C=C\C(=O)O. The van der Waals surface area contributed by atoms with Gasteiger partial charge in [0.15, 0.2) is 0 Å². The number of aliphatic carboxylic acids is 2.